The van der Waals surface area contributed by atoms with E-state index in [2.05, 4.69) is 13.5 Å². The lowest BCUT2D eigenvalue weighted by Gasteiger charge is -2.08. The molecular formula is C14H12ClN3O2S2. The molecule has 0 aliphatic rings. The normalized spacial score (nSPS) is 11.9. The molecule has 1 N–H and O–H groups in total. The number of halogens is 1. The minimum atomic E-state index is -3.63. The van der Waals surface area contributed by atoms with Gasteiger partial charge in [-0.25, -0.2) is 13.1 Å². The zero-order valence-electron chi connectivity index (χ0n) is 11.4. The first-order chi connectivity index (χ1) is 10.6. The number of fused-ring (bicyclic) bond motifs is 1. The molecule has 0 spiro atoms. The quantitative estimate of drug-likeness (QED) is 0.765. The molecule has 22 heavy (non-hydrogen) atoms. The van der Waals surface area contributed by atoms with Gasteiger partial charge in [0.2, 0.25) is 10.0 Å². The molecule has 0 unspecified atom stereocenters. The smallest absolute Gasteiger partial charge is 0.211 e. The van der Waals surface area contributed by atoms with E-state index in [1.807, 2.05) is 18.2 Å². The first-order valence-electron chi connectivity index (χ1n) is 6.52. The second-order valence-corrected chi connectivity index (χ2v) is 7.30. The standard InChI is InChI=1S/C14H12ClN3O2S2/c15-11-5-2-1-4-10(11)8-9-16-22(19,20)13-7-3-6-12-14(13)18-21-17-12/h1-7,16H,8-9H2. The van der Waals surface area contributed by atoms with Gasteiger partial charge in [-0.1, -0.05) is 35.9 Å². The Balaban J connectivity index is 1.77. The van der Waals surface area contributed by atoms with Crippen LogP contribution in [0.25, 0.3) is 11.0 Å². The average Bonchev–Trinajstić information content (AvgIpc) is 2.97. The number of nitrogens with zero attached hydrogens (tertiary/aromatic N) is 2. The van der Waals surface area contributed by atoms with Crippen molar-refractivity contribution in [1.82, 2.24) is 13.5 Å². The van der Waals surface area contributed by atoms with Crippen LogP contribution in [0.5, 0.6) is 0 Å². The van der Waals surface area contributed by atoms with Gasteiger partial charge in [0.15, 0.2) is 0 Å². The van der Waals surface area contributed by atoms with Crippen LogP contribution in [0.2, 0.25) is 5.02 Å². The number of nitrogens with one attached hydrogen (secondary N) is 1. The minimum absolute atomic E-state index is 0.151. The molecule has 5 nitrogen and oxygen atoms in total. The largest absolute Gasteiger partial charge is 0.242 e. The van der Waals surface area contributed by atoms with E-state index in [4.69, 9.17) is 11.6 Å². The van der Waals surface area contributed by atoms with Crippen LogP contribution in [0.3, 0.4) is 0 Å². The van der Waals surface area contributed by atoms with Gasteiger partial charge < -0.3 is 0 Å². The van der Waals surface area contributed by atoms with Gasteiger partial charge in [0.05, 0.1) is 11.7 Å². The number of rotatable bonds is 5. The van der Waals surface area contributed by atoms with Crippen molar-refractivity contribution < 1.29 is 8.42 Å². The predicted molar refractivity (Wildman–Crippen MR) is 87.8 cm³/mol. The first kappa shape index (κ1) is 15.4. The highest BCUT2D eigenvalue weighted by Gasteiger charge is 2.19. The maximum atomic E-state index is 12.4. The number of aromatic nitrogens is 2. The fourth-order valence-corrected chi connectivity index (χ4v) is 4.12. The van der Waals surface area contributed by atoms with Crippen LogP contribution >= 0.6 is 23.3 Å². The van der Waals surface area contributed by atoms with Crippen molar-refractivity contribution in [2.24, 2.45) is 0 Å². The molecule has 114 valence electrons. The molecule has 0 saturated heterocycles. The van der Waals surface area contributed by atoms with Gasteiger partial charge in [0.25, 0.3) is 0 Å². The van der Waals surface area contributed by atoms with Crippen LogP contribution in [0.4, 0.5) is 0 Å². The zero-order valence-corrected chi connectivity index (χ0v) is 13.7. The molecule has 0 aliphatic carbocycles. The van der Waals surface area contributed by atoms with Gasteiger partial charge in [-0.05, 0) is 30.2 Å². The number of hydrogen-bond donors (Lipinski definition) is 1. The Morgan fingerprint density at radius 2 is 1.91 bits per heavy atom. The third-order valence-electron chi connectivity index (χ3n) is 3.18. The Labute approximate surface area is 137 Å². The molecule has 0 aliphatic heterocycles. The SMILES string of the molecule is O=S(=O)(NCCc1ccccc1Cl)c1cccc2nsnc12. The summed E-state index contributed by atoms with van der Waals surface area (Å²) in [6.45, 7) is 0.264. The Morgan fingerprint density at radius 3 is 2.73 bits per heavy atom. The second-order valence-electron chi connectivity index (χ2n) is 4.63. The van der Waals surface area contributed by atoms with Crippen LogP contribution in [0.15, 0.2) is 47.4 Å². The van der Waals surface area contributed by atoms with Crippen LogP contribution < -0.4 is 4.72 Å². The van der Waals surface area contributed by atoms with Gasteiger partial charge in [-0.15, -0.1) is 0 Å². The van der Waals surface area contributed by atoms with E-state index in [0.29, 0.717) is 22.5 Å². The van der Waals surface area contributed by atoms with Crippen molar-refractivity contribution in [2.75, 3.05) is 6.54 Å². The lowest BCUT2D eigenvalue weighted by molar-refractivity contribution is 0.582. The van der Waals surface area contributed by atoms with Crippen LogP contribution in [0.1, 0.15) is 5.56 Å². The summed E-state index contributed by atoms with van der Waals surface area (Å²) >= 11 is 7.06. The minimum Gasteiger partial charge on any atom is -0.211 e. The van der Waals surface area contributed by atoms with Crippen LogP contribution in [-0.2, 0) is 16.4 Å². The molecule has 0 atom stereocenters. The number of benzene rings is 2. The average molecular weight is 354 g/mol. The molecule has 0 saturated carbocycles. The lowest BCUT2D eigenvalue weighted by atomic mass is 10.1. The van der Waals surface area contributed by atoms with E-state index in [1.54, 1.807) is 18.2 Å². The Hall–Kier alpha value is -1.54. The fourth-order valence-electron chi connectivity index (χ4n) is 2.10. The van der Waals surface area contributed by atoms with Gasteiger partial charge in [0.1, 0.15) is 15.9 Å². The van der Waals surface area contributed by atoms with Gasteiger partial charge >= 0.3 is 0 Å². The maximum Gasteiger partial charge on any atom is 0.242 e. The molecule has 3 rings (SSSR count). The maximum absolute atomic E-state index is 12.4. The van der Waals surface area contributed by atoms with Gasteiger partial charge in [-0.2, -0.15) is 8.75 Å². The predicted octanol–water partition coefficient (Wildman–Crippen LogP) is 2.87. The molecule has 0 radical (unpaired) electrons. The lowest BCUT2D eigenvalue weighted by Crippen LogP contribution is -2.26. The van der Waals surface area contributed by atoms with E-state index < -0.39 is 10.0 Å². The molecule has 0 fully saturated rings. The van der Waals surface area contributed by atoms with Crippen molar-refractivity contribution in [2.45, 2.75) is 11.3 Å². The van der Waals surface area contributed by atoms with Crippen molar-refractivity contribution in [3.05, 3.63) is 53.1 Å². The van der Waals surface area contributed by atoms with Crippen molar-refractivity contribution >= 4 is 44.4 Å². The Morgan fingerprint density at radius 1 is 1.09 bits per heavy atom. The third kappa shape index (κ3) is 3.12. The highest BCUT2D eigenvalue weighted by atomic mass is 35.5. The van der Waals surface area contributed by atoms with Crippen molar-refractivity contribution in [3.8, 4) is 0 Å². The number of sulfonamides is 1. The van der Waals surface area contributed by atoms with Crippen molar-refractivity contribution in [3.63, 3.8) is 0 Å². The summed E-state index contributed by atoms with van der Waals surface area (Å²) in [6.07, 6.45) is 0.518. The summed E-state index contributed by atoms with van der Waals surface area (Å²) in [4.78, 5) is 0.151. The molecule has 1 heterocycles. The Bertz CT molecular complexity index is 909. The van der Waals surface area contributed by atoms with E-state index in [9.17, 15) is 8.42 Å². The van der Waals surface area contributed by atoms with Crippen LogP contribution in [-0.4, -0.2) is 23.7 Å². The summed E-state index contributed by atoms with van der Waals surface area (Å²) in [5, 5.41) is 0.632. The highest BCUT2D eigenvalue weighted by Crippen LogP contribution is 2.21. The van der Waals surface area contributed by atoms with Crippen molar-refractivity contribution in [1.29, 1.82) is 0 Å². The molecule has 3 aromatic rings. The monoisotopic (exact) mass is 353 g/mol. The summed E-state index contributed by atoms with van der Waals surface area (Å²) < 4.78 is 35.5. The number of hydrogen-bond acceptors (Lipinski definition) is 5. The van der Waals surface area contributed by atoms with Gasteiger partial charge in [0, 0.05) is 11.6 Å². The molecule has 8 heteroatoms. The Kier molecular flexibility index (Phi) is 4.39. The molecule has 2 aromatic carbocycles. The van der Waals surface area contributed by atoms with E-state index in [0.717, 1.165) is 17.3 Å². The summed E-state index contributed by atoms with van der Waals surface area (Å²) in [7, 11) is -3.63. The molecule has 0 amide bonds. The van der Waals surface area contributed by atoms with E-state index >= 15 is 0 Å². The summed E-state index contributed by atoms with van der Waals surface area (Å²) in [6, 6.07) is 12.3. The second kappa shape index (κ2) is 6.29. The third-order valence-corrected chi connectivity index (χ3v) is 5.59. The molecule has 1 aromatic heterocycles. The fraction of sp³-hybridized carbons (Fsp3) is 0.143. The summed E-state index contributed by atoms with van der Waals surface area (Å²) in [5.74, 6) is 0. The molecule has 0 bridgehead atoms. The van der Waals surface area contributed by atoms with Gasteiger partial charge in [-0.3, -0.25) is 0 Å². The van der Waals surface area contributed by atoms with E-state index in [-0.39, 0.29) is 11.4 Å². The topological polar surface area (TPSA) is 72.0 Å². The van der Waals surface area contributed by atoms with E-state index in [1.165, 1.54) is 6.07 Å². The highest BCUT2D eigenvalue weighted by molar-refractivity contribution is 7.89. The first-order valence-corrected chi connectivity index (χ1v) is 9.11. The van der Waals surface area contributed by atoms with Crippen LogP contribution in [0, 0.1) is 0 Å². The zero-order chi connectivity index (χ0) is 15.6. The summed E-state index contributed by atoms with van der Waals surface area (Å²) in [5.41, 5.74) is 1.89. The molecular weight excluding hydrogens is 342 g/mol.